The van der Waals surface area contributed by atoms with Gasteiger partial charge >= 0.3 is 0 Å². The summed E-state index contributed by atoms with van der Waals surface area (Å²) in [4.78, 5) is 9.32. The van der Waals surface area contributed by atoms with Crippen LogP contribution in [0.2, 0.25) is 5.02 Å². The second-order valence-corrected chi connectivity index (χ2v) is 8.32. The number of rotatable bonds is 6. The van der Waals surface area contributed by atoms with E-state index in [1.54, 1.807) is 0 Å². The molecule has 2 aromatic carbocycles. The average molecular weight is 437 g/mol. The molecule has 1 aliphatic heterocycles. The number of pyridine rings is 1. The summed E-state index contributed by atoms with van der Waals surface area (Å²) in [6, 6.07) is 18.4. The molecule has 1 saturated heterocycles. The number of nitrogens with zero attached hydrogens (tertiary/aromatic N) is 2. The van der Waals surface area contributed by atoms with Crippen LogP contribution in [0.4, 0.5) is 0 Å². The van der Waals surface area contributed by atoms with Crippen LogP contribution in [-0.2, 0) is 16.7 Å². The lowest BCUT2D eigenvalue weighted by Gasteiger charge is -2.38. The normalized spacial score (nSPS) is 16.3. The van der Waals surface area contributed by atoms with Crippen LogP contribution in [0, 0.1) is 0 Å². The maximum Gasteiger partial charge on any atom is 0.191 e. The summed E-state index contributed by atoms with van der Waals surface area (Å²) in [7, 11) is 0. The highest BCUT2D eigenvalue weighted by Crippen LogP contribution is 2.38. The fraction of sp³-hybridized carbons (Fsp3) is 0.360. The van der Waals surface area contributed by atoms with Crippen molar-refractivity contribution in [3.63, 3.8) is 0 Å². The van der Waals surface area contributed by atoms with Gasteiger partial charge in [0.15, 0.2) is 5.96 Å². The number of aliphatic imine (C=N–C) groups is 1. The number of para-hydroxylation sites is 1. The second kappa shape index (κ2) is 10.1. The van der Waals surface area contributed by atoms with E-state index in [9.17, 15) is 0 Å². The molecular weight excluding hydrogens is 408 g/mol. The molecule has 4 rings (SSSR count). The quantitative estimate of drug-likeness (QED) is 0.434. The molecule has 1 aliphatic rings. The minimum Gasteiger partial charge on any atom is -0.381 e. The molecule has 2 N–H and O–H groups in total. The third-order valence-corrected chi connectivity index (χ3v) is 6.31. The van der Waals surface area contributed by atoms with Crippen LogP contribution in [-0.4, -0.2) is 37.2 Å². The maximum atomic E-state index is 6.60. The van der Waals surface area contributed by atoms with Crippen molar-refractivity contribution >= 4 is 28.5 Å². The van der Waals surface area contributed by atoms with Gasteiger partial charge in [0.1, 0.15) is 0 Å². The van der Waals surface area contributed by atoms with Crippen LogP contribution in [0.5, 0.6) is 0 Å². The van der Waals surface area contributed by atoms with Crippen LogP contribution < -0.4 is 10.6 Å². The lowest BCUT2D eigenvalue weighted by atomic mass is 9.74. The minimum absolute atomic E-state index is 0.0733. The predicted octanol–water partition coefficient (Wildman–Crippen LogP) is 4.69. The zero-order chi connectivity index (χ0) is 21.5. The number of halogens is 1. The third kappa shape index (κ3) is 5.00. The molecule has 0 spiro atoms. The SMILES string of the molecule is CCNC(=NCc1ccnc2ccccc12)NCC1(c2ccccc2Cl)CCOCC1. The standard InChI is InChI=1S/C25H29ClN4O/c1-2-27-24(29-17-19-11-14-28-23-10-6-3-7-20(19)23)30-18-25(12-15-31-16-13-25)21-8-4-5-9-22(21)26/h3-11,14H,2,12-13,15-18H2,1H3,(H2,27,29,30). The van der Waals surface area contributed by atoms with Gasteiger partial charge in [-0.05, 0) is 49.1 Å². The molecule has 0 radical (unpaired) electrons. The largest absolute Gasteiger partial charge is 0.381 e. The number of benzene rings is 2. The second-order valence-electron chi connectivity index (χ2n) is 7.91. The Morgan fingerprint density at radius 2 is 1.84 bits per heavy atom. The topological polar surface area (TPSA) is 58.5 Å². The number of ether oxygens (including phenoxy) is 1. The summed E-state index contributed by atoms with van der Waals surface area (Å²) in [5.41, 5.74) is 3.27. The number of guanidine groups is 1. The van der Waals surface area contributed by atoms with E-state index in [1.165, 1.54) is 5.56 Å². The van der Waals surface area contributed by atoms with Crippen LogP contribution in [0.1, 0.15) is 30.9 Å². The summed E-state index contributed by atoms with van der Waals surface area (Å²) in [5, 5.41) is 8.92. The third-order valence-electron chi connectivity index (χ3n) is 5.98. The van der Waals surface area contributed by atoms with Crippen LogP contribution in [0.3, 0.4) is 0 Å². The van der Waals surface area contributed by atoms with E-state index >= 15 is 0 Å². The van der Waals surface area contributed by atoms with Gasteiger partial charge < -0.3 is 15.4 Å². The summed E-state index contributed by atoms with van der Waals surface area (Å²) in [6.45, 7) is 5.69. The minimum atomic E-state index is -0.0733. The zero-order valence-corrected chi connectivity index (χ0v) is 18.7. The lowest BCUT2D eigenvalue weighted by Crippen LogP contribution is -2.48. The fourth-order valence-electron chi connectivity index (χ4n) is 4.25. The molecule has 2 heterocycles. The molecule has 0 aliphatic carbocycles. The van der Waals surface area contributed by atoms with E-state index in [2.05, 4.69) is 40.7 Å². The number of nitrogens with one attached hydrogen (secondary N) is 2. The van der Waals surface area contributed by atoms with Gasteiger partial charge in [0.2, 0.25) is 0 Å². The molecule has 31 heavy (non-hydrogen) atoms. The van der Waals surface area contributed by atoms with Crippen LogP contribution in [0.15, 0.2) is 65.8 Å². The van der Waals surface area contributed by atoms with E-state index < -0.39 is 0 Å². The Morgan fingerprint density at radius 1 is 1.06 bits per heavy atom. The molecule has 3 aromatic rings. The van der Waals surface area contributed by atoms with Gasteiger partial charge in [0.05, 0.1) is 12.1 Å². The van der Waals surface area contributed by atoms with E-state index in [-0.39, 0.29) is 5.41 Å². The van der Waals surface area contributed by atoms with Crippen molar-refractivity contribution in [2.75, 3.05) is 26.3 Å². The molecule has 0 amide bonds. The van der Waals surface area contributed by atoms with Gasteiger partial charge in [0, 0.05) is 48.3 Å². The van der Waals surface area contributed by atoms with Gasteiger partial charge in [-0.1, -0.05) is 48.0 Å². The Morgan fingerprint density at radius 3 is 2.65 bits per heavy atom. The first-order valence-electron chi connectivity index (χ1n) is 10.9. The van der Waals surface area contributed by atoms with Crippen molar-refractivity contribution in [1.82, 2.24) is 15.6 Å². The van der Waals surface area contributed by atoms with Gasteiger partial charge in [-0.25, -0.2) is 4.99 Å². The molecule has 0 unspecified atom stereocenters. The van der Waals surface area contributed by atoms with Gasteiger partial charge in [-0.15, -0.1) is 0 Å². The first kappa shape index (κ1) is 21.6. The monoisotopic (exact) mass is 436 g/mol. The van der Waals surface area contributed by atoms with E-state index in [1.807, 2.05) is 42.6 Å². The number of hydrogen-bond donors (Lipinski definition) is 2. The highest BCUT2D eigenvalue weighted by atomic mass is 35.5. The van der Waals surface area contributed by atoms with E-state index in [0.717, 1.165) is 66.6 Å². The molecule has 5 nitrogen and oxygen atoms in total. The average Bonchev–Trinajstić information content (AvgIpc) is 2.82. The first-order chi connectivity index (χ1) is 15.2. The first-order valence-corrected chi connectivity index (χ1v) is 11.3. The predicted molar refractivity (Wildman–Crippen MR) is 128 cm³/mol. The molecule has 6 heteroatoms. The maximum absolute atomic E-state index is 6.60. The molecular formula is C25H29ClN4O. The van der Waals surface area contributed by atoms with Crippen molar-refractivity contribution in [2.45, 2.75) is 31.7 Å². The summed E-state index contributed by atoms with van der Waals surface area (Å²) in [5.74, 6) is 0.807. The molecule has 0 bridgehead atoms. The summed E-state index contributed by atoms with van der Waals surface area (Å²) < 4.78 is 5.66. The lowest BCUT2D eigenvalue weighted by molar-refractivity contribution is 0.0514. The van der Waals surface area contributed by atoms with Gasteiger partial charge in [0.25, 0.3) is 0 Å². The van der Waals surface area contributed by atoms with Crippen molar-refractivity contribution in [2.24, 2.45) is 4.99 Å². The summed E-state index contributed by atoms with van der Waals surface area (Å²) >= 11 is 6.60. The molecule has 162 valence electrons. The molecule has 1 fully saturated rings. The van der Waals surface area contributed by atoms with Crippen molar-refractivity contribution in [1.29, 1.82) is 0 Å². The van der Waals surface area contributed by atoms with Crippen molar-refractivity contribution < 1.29 is 4.74 Å². The van der Waals surface area contributed by atoms with Crippen molar-refractivity contribution in [3.8, 4) is 0 Å². The number of hydrogen-bond acceptors (Lipinski definition) is 3. The number of aromatic nitrogens is 1. The molecule has 0 atom stereocenters. The Hall–Kier alpha value is -2.63. The van der Waals surface area contributed by atoms with Gasteiger partial charge in [-0.3, -0.25) is 4.98 Å². The van der Waals surface area contributed by atoms with Crippen LogP contribution >= 0.6 is 11.6 Å². The highest BCUT2D eigenvalue weighted by molar-refractivity contribution is 6.31. The molecule has 1 aromatic heterocycles. The molecule has 0 saturated carbocycles. The Bertz CT molecular complexity index is 1040. The van der Waals surface area contributed by atoms with Crippen molar-refractivity contribution in [3.05, 3.63) is 76.9 Å². The smallest absolute Gasteiger partial charge is 0.191 e. The Labute approximate surface area is 188 Å². The zero-order valence-electron chi connectivity index (χ0n) is 17.9. The fourth-order valence-corrected chi connectivity index (χ4v) is 4.58. The van der Waals surface area contributed by atoms with E-state index in [0.29, 0.717) is 6.54 Å². The van der Waals surface area contributed by atoms with E-state index in [4.69, 9.17) is 21.3 Å². The van der Waals surface area contributed by atoms with Crippen LogP contribution in [0.25, 0.3) is 10.9 Å². The van der Waals surface area contributed by atoms with Gasteiger partial charge in [-0.2, -0.15) is 0 Å². The summed E-state index contributed by atoms with van der Waals surface area (Å²) in [6.07, 6.45) is 3.71. The Kier molecular flexibility index (Phi) is 7.05. The highest BCUT2D eigenvalue weighted by Gasteiger charge is 2.36. The Balaban J connectivity index is 1.55. The number of fused-ring (bicyclic) bond motifs is 1.